The number of hydrogen-bond donors (Lipinski definition) is 1. The van der Waals surface area contributed by atoms with E-state index in [9.17, 15) is 9.59 Å². The zero-order valence-electron chi connectivity index (χ0n) is 10.5. The van der Waals surface area contributed by atoms with Gasteiger partial charge >= 0.3 is 5.97 Å². The summed E-state index contributed by atoms with van der Waals surface area (Å²) >= 11 is 3.26. The first-order chi connectivity index (χ1) is 9.00. The molecule has 0 aromatic carbocycles. The molecule has 5 nitrogen and oxygen atoms in total. The van der Waals surface area contributed by atoms with Crippen LogP contribution >= 0.6 is 15.9 Å². The van der Waals surface area contributed by atoms with E-state index in [2.05, 4.69) is 20.9 Å². The molecule has 2 rings (SSSR count). The first-order valence-corrected chi connectivity index (χ1v) is 6.92. The van der Waals surface area contributed by atoms with Crippen molar-refractivity contribution in [3.8, 4) is 0 Å². The van der Waals surface area contributed by atoms with Gasteiger partial charge in [-0.15, -0.1) is 0 Å². The molecule has 6 heteroatoms. The van der Waals surface area contributed by atoms with Gasteiger partial charge in [-0.3, -0.25) is 9.59 Å². The molecule has 1 saturated heterocycles. The highest BCUT2D eigenvalue weighted by Gasteiger charge is 2.33. The van der Waals surface area contributed by atoms with Crippen molar-refractivity contribution < 1.29 is 14.7 Å². The molecule has 1 aliphatic heterocycles. The Bertz CT molecular complexity index is 506. The minimum absolute atomic E-state index is 0.0364. The lowest BCUT2D eigenvalue weighted by Gasteiger charge is -2.35. The molecule has 1 aromatic rings. The lowest BCUT2D eigenvalue weighted by molar-refractivity contribution is -0.145. The van der Waals surface area contributed by atoms with Crippen molar-refractivity contribution >= 4 is 27.8 Å². The van der Waals surface area contributed by atoms with Crippen molar-refractivity contribution in [1.82, 2.24) is 9.88 Å². The molecule has 0 saturated carbocycles. The fourth-order valence-electron chi connectivity index (χ4n) is 2.41. The van der Waals surface area contributed by atoms with E-state index >= 15 is 0 Å². The van der Waals surface area contributed by atoms with Crippen LogP contribution in [0.15, 0.2) is 22.9 Å². The van der Waals surface area contributed by atoms with E-state index in [0.29, 0.717) is 29.7 Å². The van der Waals surface area contributed by atoms with E-state index in [1.807, 2.05) is 6.92 Å². The van der Waals surface area contributed by atoms with Crippen molar-refractivity contribution in [2.45, 2.75) is 13.3 Å². The molecular formula is C13H15BrN2O3. The summed E-state index contributed by atoms with van der Waals surface area (Å²) in [7, 11) is 0. The third-order valence-electron chi connectivity index (χ3n) is 3.50. The topological polar surface area (TPSA) is 70.5 Å². The van der Waals surface area contributed by atoms with Gasteiger partial charge < -0.3 is 10.0 Å². The first-order valence-electron chi connectivity index (χ1n) is 6.13. The zero-order chi connectivity index (χ0) is 14.0. The fraction of sp³-hybridized carbons (Fsp3) is 0.462. The van der Waals surface area contributed by atoms with E-state index in [1.54, 1.807) is 23.2 Å². The number of pyridine rings is 1. The molecule has 2 unspecified atom stereocenters. The maximum absolute atomic E-state index is 12.4. The average Bonchev–Trinajstić information content (AvgIpc) is 2.38. The summed E-state index contributed by atoms with van der Waals surface area (Å²) in [4.78, 5) is 29.1. The van der Waals surface area contributed by atoms with Gasteiger partial charge in [0.15, 0.2) is 0 Å². The number of nitrogens with zero attached hydrogens (tertiary/aromatic N) is 2. The molecule has 1 N–H and O–H groups in total. The van der Waals surface area contributed by atoms with E-state index in [4.69, 9.17) is 5.11 Å². The van der Waals surface area contributed by atoms with Gasteiger partial charge in [-0.05, 0) is 40.4 Å². The fourth-order valence-corrected chi connectivity index (χ4v) is 2.83. The molecule has 1 fully saturated rings. The van der Waals surface area contributed by atoms with Crippen LogP contribution in [-0.2, 0) is 4.79 Å². The number of carboxylic acids is 1. The van der Waals surface area contributed by atoms with Crippen LogP contribution in [0.1, 0.15) is 23.7 Å². The maximum Gasteiger partial charge on any atom is 0.306 e. The zero-order valence-corrected chi connectivity index (χ0v) is 12.1. The number of aromatic nitrogens is 1. The Morgan fingerprint density at radius 1 is 1.53 bits per heavy atom. The third kappa shape index (κ3) is 2.94. The van der Waals surface area contributed by atoms with Gasteiger partial charge in [0.1, 0.15) is 4.60 Å². The lowest BCUT2D eigenvalue weighted by Crippen LogP contribution is -2.45. The molecule has 1 amide bonds. The third-order valence-corrected chi connectivity index (χ3v) is 4.13. The monoisotopic (exact) mass is 326 g/mol. The van der Waals surface area contributed by atoms with Crippen molar-refractivity contribution in [3.63, 3.8) is 0 Å². The second-order valence-electron chi connectivity index (χ2n) is 4.80. The Labute approximate surface area is 119 Å². The van der Waals surface area contributed by atoms with Gasteiger partial charge in [-0.2, -0.15) is 0 Å². The standard InChI is InChI=1S/C13H15BrN2O3/c1-8-7-16(6-4-9(8)13(18)19)12(17)10-3-2-5-15-11(10)14/h2-3,5,8-9H,4,6-7H2,1H3,(H,18,19). The summed E-state index contributed by atoms with van der Waals surface area (Å²) < 4.78 is 0.521. The molecule has 1 aliphatic rings. The molecule has 19 heavy (non-hydrogen) atoms. The summed E-state index contributed by atoms with van der Waals surface area (Å²) in [5, 5.41) is 9.07. The summed E-state index contributed by atoms with van der Waals surface area (Å²) in [6, 6.07) is 3.43. The predicted molar refractivity (Wildman–Crippen MR) is 72.7 cm³/mol. The highest BCUT2D eigenvalue weighted by atomic mass is 79.9. The van der Waals surface area contributed by atoms with Crippen LogP contribution in [0.2, 0.25) is 0 Å². The van der Waals surface area contributed by atoms with Crippen molar-refractivity contribution in [1.29, 1.82) is 0 Å². The van der Waals surface area contributed by atoms with E-state index in [0.717, 1.165) is 0 Å². The van der Waals surface area contributed by atoms with E-state index < -0.39 is 5.97 Å². The summed E-state index contributed by atoms with van der Waals surface area (Å²) in [5.41, 5.74) is 0.517. The van der Waals surface area contributed by atoms with Crippen LogP contribution in [0.3, 0.4) is 0 Å². The quantitative estimate of drug-likeness (QED) is 0.844. The van der Waals surface area contributed by atoms with Gasteiger partial charge in [0.2, 0.25) is 0 Å². The number of carbonyl (C=O) groups excluding carboxylic acids is 1. The number of piperidine rings is 1. The Hall–Kier alpha value is -1.43. The predicted octanol–water partition coefficient (Wildman–Crippen LogP) is 2.03. The smallest absolute Gasteiger partial charge is 0.306 e. The van der Waals surface area contributed by atoms with Crippen LogP contribution in [0.5, 0.6) is 0 Å². The first kappa shape index (κ1) is 14.0. The highest BCUT2D eigenvalue weighted by Crippen LogP contribution is 2.25. The molecule has 0 radical (unpaired) electrons. The number of carbonyl (C=O) groups is 2. The van der Waals surface area contributed by atoms with Crippen molar-refractivity contribution in [2.75, 3.05) is 13.1 Å². The van der Waals surface area contributed by atoms with Crippen LogP contribution in [-0.4, -0.2) is 40.0 Å². The molecule has 0 aliphatic carbocycles. The van der Waals surface area contributed by atoms with Crippen LogP contribution < -0.4 is 0 Å². The Balaban J connectivity index is 2.11. The number of halogens is 1. The number of carboxylic acid groups (broad SMARTS) is 1. The molecular weight excluding hydrogens is 312 g/mol. The van der Waals surface area contributed by atoms with Crippen molar-refractivity contribution in [3.05, 3.63) is 28.5 Å². The normalized spacial score (nSPS) is 23.2. The Morgan fingerprint density at radius 2 is 2.26 bits per heavy atom. The second kappa shape index (κ2) is 5.69. The summed E-state index contributed by atoms with van der Waals surface area (Å²) in [6.07, 6.45) is 2.11. The number of aliphatic carboxylic acids is 1. The minimum Gasteiger partial charge on any atom is -0.481 e. The van der Waals surface area contributed by atoms with Gasteiger partial charge in [0, 0.05) is 19.3 Å². The highest BCUT2D eigenvalue weighted by molar-refractivity contribution is 9.10. The summed E-state index contributed by atoms with van der Waals surface area (Å²) in [5.74, 6) is -1.27. The molecule has 102 valence electrons. The molecule has 0 bridgehead atoms. The Kier molecular flexibility index (Phi) is 4.19. The SMILES string of the molecule is CC1CN(C(=O)c2cccnc2Br)CCC1C(=O)O. The second-order valence-corrected chi connectivity index (χ2v) is 5.55. The number of hydrogen-bond acceptors (Lipinski definition) is 3. The van der Waals surface area contributed by atoms with E-state index in [-0.39, 0.29) is 17.7 Å². The average molecular weight is 327 g/mol. The summed E-state index contributed by atoms with van der Waals surface area (Å²) in [6.45, 7) is 2.81. The number of amides is 1. The van der Waals surface area contributed by atoms with Crippen LogP contribution in [0.4, 0.5) is 0 Å². The Morgan fingerprint density at radius 3 is 2.84 bits per heavy atom. The van der Waals surface area contributed by atoms with Crippen molar-refractivity contribution in [2.24, 2.45) is 11.8 Å². The minimum atomic E-state index is -0.776. The maximum atomic E-state index is 12.4. The number of rotatable bonds is 2. The molecule has 0 spiro atoms. The van der Waals surface area contributed by atoms with Gasteiger partial charge in [0.05, 0.1) is 11.5 Å². The van der Waals surface area contributed by atoms with Gasteiger partial charge in [0.25, 0.3) is 5.91 Å². The van der Waals surface area contributed by atoms with Gasteiger partial charge in [-0.25, -0.2) is 4.98 Å². The molecule has 1 aromatic heterocycles. The largest absolute Gasteiger partial charge is 0.481 e. The van der Waals surface area contributed by atoms with Crippen LogP contribution in [0, 0.1) is 11.8 Å². The van der Waals surface area contributed by atoms with E-state index in [1.165, 1.54) is 0 Å². The van der Waals surface area contributed by atoms with Crippen LogP contribution in [0.25, 0.3) is 0 Å². The number of likely N-dealkylation sites (tertiary alicyclic amines) is 1. The molecule has 2 atom stereocenters. The molecule has 2 heterocycles. The lowest BCUT2D eigenvalue weighted by atomic mass is 9.87. The van der Waals surface area contributed by atoms with Gasteiger partial charge in [-0.1, -0.05) is 6.92 Å².